The van der Waals surface area contributed by atoms with Crippen molar-refractivity contribution in [2.75, 3.05) is 12.0 Å². The fourth-order valence-electron chi connectivity index (χ4n) is 2.99. The van der Waals surface area contributed by atoms with E-state index >= 15 is 0 Å². The van der Waals surface area contributed by atoms with Gasteiger partial charge in [0, 0.05) is 35.6 Å². The average molecular weight is 402 g/mol. The van der Waals surface area contributed by atoms with Crippen molar-refractivity contribution in [2.45, 2.75) is 11.3 Å². The van der Waals surface area contributed by atoms with Crippen molar-refractivity contribution in [2.24, 2.45) is 10.2 Å². The van der Waals surface area contributed by atoms with E-state index < -0.39 is 15.8 Å². The second-order valence-electron chi connectivity index (χ2n) is 6.17. The highest BCUT2D eigenvalue weighted by atomic mass is 32.2. The molecule has 28 heavy (non-hydrogen) atoms. The highest BCUT2D eigenvalue weighted by molar-refractivity contribution is 7.89. The maximum absolute atomic E-state index is 13.8. The number of amides is 1. The van der Waals surface area contributed by atoms with E-state index in [9.17, 15) is 17.6 Å². The number of nitrogens with zero attached hydrogens (tertiary/aromatic N) is 2. The summed E-state index contributed by atoms with van der Waals surface area (Å²) in [7, 11) is -3.84. The molecule has 9 nitrogen and oxygen atoms in total. The van der Waals surface area contributed by atoms with Gasteiger partial charge in [0.05, 0.1) is 5.71 Å². The number of pyridine rings is 1. The molecule has 0 saturated heterocycles. The Morgan fingerprint density at radius 1 is 1.25 bits per heavy atom. The second-order valence-corrected chi connectivity index (χ2v) is 7.73. The summed E-state index contributed by atoms with van der Waals surface area (Å²) in [6.07, 6.45) is 1.52. The van der Waals surface area contributed by atoms with Crippen LogP contribution < -0.4 is 15.9 Å². The van der Waals surface area contributed by atoms with Gasteiger partial charge in [0.15, 0.2) is 0 Å². The van der Waals surface area contributed by atoms with E-state index in [0.29, 0.717) is 40.8 Å². The third-order valence-corrected chi connectivity index (χ3v) is 5.19. The summed E-state index contributed by atoms with van der Waals surface area (Å²) in [6.45, 7) is 0.358. The summed E-state index contributed by atoms with van der Waals surface area (Å²) < 4.78 is 36.3. The molecule has 0 fully saturated rings. The number of carbonyl (C=O) groups excluding carboxylic acids is 1. The predicted molar refractivity (Wildman–Crippen MR) is 101 cm³/mol. The molecule has 1 aliphatic rings. The lowest BCUT2D eigenvalue weighted by Gasteiger charge is -2.06. The molecule has 11 heteroatoms. The molecule has 0 unspecified atom stereocenters. The van der Waals surface area contributed by atoms with Crippen molar-refractivity contribution in [3.63, 3.8) is 0 Å². The molecule has 0 spiro atoms. The largest absolute Gasteiger partial charge is 0.350 e. The van der Waals surface area contributed by atoms with Crippen LogP contribution in [0.2, 0.25) is 0 Å². The number of nitrogens with one attached hydrogen (secondary N) is 3. The Morgan fingerprint density at radius 3 is 2.79 bits per heavy atom. The molecule has 0 bridgehead atoms. The number of sulfonamides is 1. The van der Waals surface area contributed by atoms with Crippen LogP contribution >= 0.6 is 0 Å². The zero-order valence-corrected chi connectivity index (χ0v) is 15.2. The van der Waals surface area contributed by atoms with Crippen molar-refractivity contribution in [1.29, 1.82) is 0 Å². The SMILES string of the molecule is NS(=O)(=O)c1ccc(N/N=C2/CCNC(=O)c3[nH]c4ccc(F)cc4c32)nc1. The van der Waals surface area contributed by atoms with E-state index in [2.05, 4.69) is 25.8 Å². The molecule has 2 aromatic heterocycles. The van der Waals surface area contributed by atoms with E-state index in [1.54, 1.807) is 6.07 Å². The van der Waals surface area contributed by atoms with Crippen LogP contribution in [0.4, 0.5) is 10.2 Å². The molecular weight excluding hydrogens is 387 g/mol. The third kappa shape index (κ3) is 3.32. The Hall–Kier alpha value is -3.31. The molecule has 0 atom stereocenters. The number of nitrogens with two attached hydrogens (primary N) is 1. The Kier molecular flexibility index (Phi) is 4.32. The van der Waals surface area contributed by atoms with E-state index in [1.165, 1.54) is 24.3 Å². The smallest absolute Gasteiger partial charge is 0.268 e. The van der Waals surface area contributed by atoms with Gasteiger partial charge in [0.1, 0.15) is 22.2 Å². The van der Waals surface area contributed by atoms with Gasteiger partial charge < -0.3 is 10.3 Å². The molecule has 3 aromatic rings. The Labute approximate surface area is 158 Å². The van der Waals surface area contributed by atoms with Crippen molar-refractivity contribution < 1.29 is 17.6 Å². The maximum atomic E-state index is 13.8. The highest BCUT2D eigenvalue weighted by Crippen LogP contribution is 2.27. The number of hydrogen-bond acceptors (Lipinski definition) is 6. The molecule has 144 valence electrons. The number of carbonyl (C=O) groups is 1. The molecule has 0 saturated carbocycles. The molecule has 0 aliphatic carbocycles. The van der Waals surface area contributed by atoms with E-state index in [0.717, 1.165) is 6.20 Å². The quantitative estimate of drug-likeness (QED) is 0.489. The van der Waals surface area contributed by atoms with Crippen molar-refractivity contribution in [3.8, 4) is 0 Å². The topological polar surface area (TPSA) is 142 Å². The van der Waals surface area contributed by atoms with Gasteiger partial charge in [-0.05, 0) is 30.3 Å². The van der Waals surface area contributed by atoms with Crippen LogP contribution in [0.1, 0.15) is 22.5 Å². The molecule has 3 heterocycles. The third-order valence-electron chi connectivity index (χ3n) is 4.29. The van der Waals surface area contributed by atoms with Crippen LogP contribution in [0.5, 0.6) is 0 Å². The monoisotopic (exact) mass is 402 g/mol. The zero-order valence-electron chi connectivity index (χ0n) is 14.4. The summed E-state index contributed by atoms with van der Waals surface area (Å²) in [4.78, 5) is 19.2. The van der Waals surface area contributed by atoms with Gasteiger partial charge in [-0.1, -0.05) is 0 Å². The molecule has 0 radical (unpaired) electrons. The van der Waals surface area contributed by atoms with E-state index in [4.69, 9.17) is 5.14 Å². The van der Waals surface area contributed by atoms with Gasteiger partial charge in [-0.3, -0.25) is 10.2 Å². The van der Waals surface area contributed by atoms with Crippen LogP contribution in [0, 0.1) is 5.82 Å². The Morgan fingerprint density at radius 2 is 2.07 bits per heavy atom. The first-order valence-electron chi connectivity index (χ1n) is 8.24. The number of benzene rings is 1. The lowest BCUT2D eigenvalue weighted by atomic mass is 10.0. The minimum Gasteiger partial charge on any atom is -0.350 e. The molecule has 1 amide bonds. The van der Waals surface area contributed by atoms with Gasteiger partial charge in [0.2, 0.25) is 10.0 Å². The first-order chi connectivity index (χ1) is 13.3. The summed E-state index contributed by atoms with van der Waals surface area (Å²) in [5, 5.41) is 12.7. The molecule has 1 aliphatic heterocycles. The predicted octanol–water partition coefficient (Wildman–Crippen LogP) is 1.30. The normalized spacial score (nSPS) is 15.9. The van der Waals surface area contributed by atoms with Gasteiger partial charge in [-0.2, -0.15) is 5.10 Å². The van der Waals surface area contributed by atoms with E-state index in [1.807, 2.05) is 0 Å². The summed E-state index contributed by atoms with van der Waals surface area (Å²) in [5.41, 5.74) is 4.70. The van der Waals surface area contributed by atoms with Crippen LogP contribution in [0.15, 0.2) is 46.5 Å². The minimum atomic E-state index is -3.84. The van der Waals surface area contributed by atoms with Crippen molar-refractivity contribution in [3.05, 3.63) is 53.6 Å². The van der Waals surface area contributed by atoms with Crippen LogP contribution in [-0.2, 0) is 10.0 Å². The molecule has 1 aromatic carbocycles. The number of primary sulfonamides is 1. The number of fused-ring (bicyclic) bond motifs is 3. The summed E-state index contributed by atoms with van der Waals surface area (Å²) >= 11 is 0. The standard InChI is InChI=1S/C17H15FN6O3S/c18-9-1-3-12-11(7-9)15-13(5-6-20-17(25)16(15)22-12)23-24-14-4-2-10(8-21-14)28(19,26)27/h1-4,7-8,22H,5-6H2,(H,20,25)(H,21,24)(H2,19,26,27)/b23-13-. The van der Waals surface area contributed by atoms with Crippen LogP contribution in [0.3, 0.4) is 0 Å². The van der Waals surface area contributed by atoms with Gasteiger partial charge in [0.25, 0.3) is 5.91 Å². The number of hydrogen-bond donors (Lipinski definition) is 4. The number of rotatable bonds is 3. The molecule has 4 rings (SSSR count). The number of anilines is 1. The first-order valence-corrected chi connectivity index (χ1v) is 9.79. The number of aromatic amines is 1. The maximum Gasteiger partial charge on any atom is 0.268 e. The Balaban J connectivity index is 1.74. The number of halogens is 1. The lowest BCUT2D eigenvalue weighted by molar-refractivity contribution is 0.0952. The number of hydrazone groups is 1. The fraction of sp³-hybridized carbons (Fsp3) is 0.118. The Bertz CT molecular complexity index is 1220. The van der Waals surface area contributed by atoms with Crippen LogP contribution in [0.25, 0.3) is 10.9 Å². The van der Waals surface area contributed by atoms with E-state index in [-0.39, 0.29) is 16.6 Å². The fourth-order valence-corrected chi connectivity index (χ4v) is 3.45. The van der Waals surface area contributed by atoms with Gasteiger partial charge in [-0.15, -0.1) is 0 Å². The minimum absolute atomic E-state index is 0.121. The van der Waals surface area contributed by atoms with Crippen molar-refractivity contribution in [1.82, 2.24) is 15.3 Å². The lowest BCUT2D eigenvalue weighted by Crippen LogP contribution is -2.23. The number of aromatic nitrogens is 2. The first kappa shape index (κ1) is 18.1. The summed E-state index contributed by atoms with van der Waals surface area (Å²) in [6, 6.07) is 6.93. The summed E-state index contributed by atoms with van der Waals surface area (Å²) in [5.74, 6) is -0.435. The van der Waals surface area contributed by atoms with Gasteiger partial charge in [-0.25, -0.2) is 22.9 Å². The van der Waals surface area contributed by atoms with Crippen LogP contribution in [-0.4, -0.2) is 36.5 Å². The molecular formula is C17H15FN6O3S. The number of H-pyrrole nitrogens is 1. The zero-order chi connectivity index (χ0) is 19.9. The second kappa shape index (κ2) is 6.69. The highest BCUT2D eigenvalue weighted by Gasteiger charge is 2.25. The van der Waals surface area contributed by atoms with Gasteiger partial charge >= 0.3 is 0 Å². The van der Waals surface area contributed by atoms with Crippen molar-refractivity contribution >= 4 is 38.4 Å². The molecule has 5 N–H and O–H groups in total. The average Bonchev–Trinajstić information content (AvgIpc) is 2.95.